The summed E-state index contributed by atoms with van der Waals surface area (Å²) in [6.45, 7) is 2.65. The van der Waals surface area contributed by atoms with Crippen molar-refractivity contribution < 1.29 is 8.94 Å². The van der Waals surface area contributed by atoms with Crippen molar-refractivity contribution in [2.75, 3.05) is 0 Å². The Morgan fingerprint density at radius 3 is 2.96 bits per heavy atom. The molecule has 0 aliphatic heterocycles. The first-order valence-electron chi connectivity index (χ1n) is 7.73. The van der Waals surface area contributed by atoms with Crippen molar-refractivity contribution >= 4 is 11.8 Å². The monoisotopic (exact) mass is 331 g/mol. The number of furan rings is 1. The summed E-state index contributed by atoms with van der Waals surface area (Å²) >= 11 is 1.56. The van der Waals surface area contributed by atoms with Crippen molar-refractivity contribution in [3.05, 3.63) is 41.7 Å². The van der Waals surface area contributed by atoms with Crippen molar-refractivity contribution in [1.82, 2.24) is 24.9 Å². The van der Waals surface area contributed by atoms with Gasteiger partial charge in [0.25, 0.3) is 0 Å². The van der Waals surface area contributed by atoms with Crippen LogP contribution in [0.4, 0.5) is 0 Å². The highest BCUT2D eigenvalue weighted by molar-refractivity contribution is 7.98. The van der Waals surface area contributed by atoms with Gasteiger partial charge in [-0.2, -0.15) is 4.98 Å². The predicted octanol–water partition coefficient (Wildman–Crippen LogP) is 3.03. The van der Waals surface area contributed by atoms with E-state index < -0.39 is 0 Å². The number of rotatable bonds is 7. The molecule has 7 nitrogen and oxygen atoms in total. The first-order valence-corrected chi connectivity index (χ1v) is 8.71. The molecule has 0 radical (unpaired) electrons. The van der Waals surface area contributed by atoms with Crippen molar-refractivity contribution in [1.29, 1.82) is 0 Å². The molecule has 4 rings (SSSR count). The average molecular weight is 331 g/mol. The molecule has 0 spiro atoms. The lowest BCUT2D eigenvalue weighted by Crippen LogP contribution is -2.05. The van der Waals surface area contributed by atoms with E-state index in [1.54, 1.807) is 18.0 Å². The third kappa shape index (κ3) is 3.17. The second kappa shape index (κ2) is 6.19. The van der Waals surface area contributed by atoms with Gasteiger partial charge in [0.15, 0.2) is 11.0 Å². The van der Waals surface area contributed by atoms with E-state index in [0.29, 0.717) is 24.1 Å². The molecule has 3 aromatic heterocycles. The number of thioether (sulfide) groups is 1. The van der Waals surface area contributed by atoms with E-state index in [4.69, 9.17) is 8.94 Å². The molecule has 3 aromatic rings. The molecule has 1 saturated carbocycles. The Morgan fingerprint density at radius 2 is 2.26 bits per heavy atom. The van der Waals surface area contributed by atoms with Gasteiger partial charge in [-0.1, -0.05) is 23.8 Å². The lowest BCUT2D eigenvalue weighted by Gasteiger charge is -2.07. The predicted molar refractivity (Wildman–Crippen MR) is 83.0 cm³/mol. The molecule has 0 aromatic carbocycles. The summed E-state index contributed by atoms with van der Waals surface area (Å²) in [4.78, 5) is 4.33. The highest BCUT2D eigenvalue weighted by Gasteiger charge is 2.30. The molecule has 0 unspecified atom stereocenters. The second-order valence-corrected chi connectivity index (χ2v) is 6.47. The summed E-state index contributed by atoms with van der Waals surface area (Å²) < 4.78 is 12.8. The zero-order valence-electron chi connectivity index (χ0n) is 12.8. The molecule has 3 heterocycles. The van der Waals surface area contributed by atoms with Crippen LogP contribution in [0.15, 0.2) is 32.5 Å². The molecule has 8 heteroatoms. The molecule has 23 heavy (non-hydrogen) atoms. The number of aromatic nitrogens is 5. The fourth-order valence-corrected chi connectivity index (χ4v) is 3.16. The number of hydrogen-bond donors (Lipinski definition) is 0. The molecular formula is C15H17N5O2S. The summed E-state index contributed by atoms with van der Waals surface area (Å²) in [5.74, 6) is 4.42. The first-order chi connectivity index (χ1) is 11.3. The summed E-state index contributed by atoms with van der Waals surface area (Å²) in [6, 6.07) is 3.87. The minimum Gasteiger partial charge on any atom is -0.467 e. The van der Waals surface area contributed by atoms with Crippen LogP contribution < -0.4 is 0 Å². The minimum atomic E-state index is 0.530. The van der Waals surface area contributed by atoms with E-state index in [1.165, 1.54) is 12.8 Å². The largest absolute Gasteiger partial charge is 0.467 e. The summed E-state index contributed by atoms with van der Waals surface area (Å²) in [5.41, 5.74) is 0. The standard InChI is InChI=1S/C15H17N5O2S/c1-2-12-16-13(22-19-12)9-23-15-18-17-14(10-5-6-10)20(15)8-11-4-3-7-21-11/h3-4,7,10H,2,5-6,8-9H2,1H3. The Labute approximate surface area is 137 Å². The quantitative estimate of drug-likeness (QED) is 0.615. The van der Waals surface area contributed by atoms with Crippen molar-refractivity contribution in [3.8, 4) is 0 Å². The van der Waals surface area contributed by atoms with Crippen LogP contribution in [0.1, 0.15) is 49.0 Å². The fourth-order valence-electron chi connectivity index (χ4n) is 2.38. The lowest BCUT2D eigenvalue weighted by atomic mass is 10.3. The minimum absolute atomic E-state index is 0.530. The van der Waals surface area contributed by atoms with Crippen LogP contribution in [0.25, 0.3) is 0 Å². The van der Waals surface area contributed by atoms with Gasteiger partial charge in [-0.3, -0.25) is 4.57 Å². The topological polar surface area (TPSA) is 82.8 Å². The first kappa shape index (κ1) is 14.5. The zero-order valence-corrected chi connectivity index (χ0v) is 13.6. The van der Waals surface area contributed by atoms with Gasteiger partial charge in [0.1, 0.15) is 11.6 Å². The Kier molecular flexibility index (Phi) is 3.90. The van der Waals surface area contributed by atoms with Crippen LogP contribution in [0.3, 0.4) is 0 Å². The van der Waals surface area contributed by atoms with Crippen molar-refractivity contribution in [3.63, 3.8) is 0 Å². The molecule has 0 amide bonds. The average Bonchev–Trinajstić information content (AvgIpc) is 2.99. The SMILES string of the molecule is CCc1noc(CSc2nnc(C3CC3)n2Cc2ccco2)n1. The van der Waals surface area contributed by atoms with Crippen LogP contribution in [0.5, 0.6) is 0 Å². The van der Waals surface area contributed by atoms with Crippen LogP contribution in [0.2, 0.25) is 0 Å². The van der Waals surface area contributed by atoms with Crippen LogP contribution in [-0.4, -0.2) is 24.9 Å². The van der Waals surface area contributed by atoms with Gasteiger partial charge < -0.3 is 8.94 Å². The Hall–Kier alpha value is -2.09. The molecule has 1 fully saturated rings. The van der Waals surface area contributed by atoms with Crippen LogP contribution in [0, 0.1) is 0 Å². The summed E-state index contributed by atoms with van der Waals surface area (Å²) in [7, 11) is 0. The molecule has 0 atom stereocenters. The maximum absolute atomic E-state index is 5.47. The summed E-state index contributed by atoms with van der Waals surface area (Å²) in [5, 5.41) is 13.5. The molecule has 0 saturated heterocycles. The van der Waals surface area contributed by atoms with Gasteiger partial charge in [0.05, 0.1) is 18.6 Å². The molecule has 0 bridgehead atoms. The fraction of sp³-hybridized carbons (Fsp3) is 0.467. The lowest BCUT2D eigenvalue weighted by molar-refractivity contribution is 0.385. The van der Waals surface area contributed by atoms with Crippen LogP contribution in [-0.2, 0) is 18.7 Å². The molecule has 0 N–H and O–H groups in total. The highest BCUT2D eigenvalue weighted by Crippen LogP contribution is 2.40. The van der Waals surface area contributed by atoms with E-state index >= 15 is 0 Å². The van der Waals surface area contributed by atoms with E-state index in [1.807, 2.05) is 19.1 Å². The Bertz CT molecular complexity index is 776. The Balaban J connectivity index is 1.52. The van der Waals surface area contributed by atoms with E-state index in [-0.39, 0.29) is 0 Å². The van der Waals surface area contributed by atoms with E-state index in [9.17, 15) is 0 Å². The maximum atomic E-state index is 5.47. The van der Waals surface area contributed by atoms with Gasteiger partial charge in [-0.15, -0.1) is 10.2 Å². The third-order valence-corrected chi connectivity index (χ3v) is 4.68. The van der Waals surface area contributed by atoms with Crippen LogP contribution >= 0.6 is 11.8 Å². The number of hydrogen-bond acceptors (Lipinski definition) is 7. The smallest absolute Gasteiger partial charge is 0.237 e. The van der Waals surface area contributed by atoms with Crippen molar-refractivity contribution in [2.45, 2.75) is 49.6 Å². The van der Waals surface area contributed by atoms with Crippen molar-refractivity contribution in [2.24, 2.45) is 0 Å². The number of aryl methyl sites for hydroxylation is 1. The molecule has 120 valence electrons. The second-order valence-electron chi connectivity index (χ2n) is 5.53. The highest BCUT2D eigenvalue weighted by atomic mass is 32.2. The van der Waals surface area contributed by atoms with Gasteiger partial charge in [0, 0.05) is 12.3 Å². The van der Waals surface area contributed by atoms with Gasteiger partial charge in [0.2, 0.25) is 5.89 Å². The third-order valence-electron chi connectivity index (χ3n) is 3.73. The number of nitrogens with zero attached hydrogens (tertiary/aromatic N) is 5. The molecule has 1 aliphatic carbocycles. The van der Waals surface area contributed by atoms with Gasteiger partial charge in [-0.05, 0) is 25.0 Å². The summed E-state index contributed by atoms with van der Waals surface area (Å²) in [6.07, 6.45) is 4.83. The normalized spacial score (nSPS) is 14.5. The maximum Gasteiger partial charge on any atom is 0.237 e. The Morgan fingerprint density at radius 1 is 1.35 bits per heavy atom. The molecule has 1 aliphatic rings. The van der Waals surface area contributed by atoms with Gasteiger partial charge >= 0.3 is 0 Å². The van der Waals surface area contributed by atoms with Gasteiger partial charge in [-0.25, -0.2) is 0 Å². The van der Waals surface area contributed by atoms with E-state index in [0.717, 1.165) is 29.0 Å². The molecular weight excluding hydrogens is 314 g/mol. The van der Waals surface area contributed by atoms with E-state index in [2.05, 4.69) is 24.9 Å². The zero-order chi connectivity index (χ0) is 15.6.